The Morgan fingerprint density at radius 1 is 1.45 bits per heavy atom. The lowest BCUT2D eigenvalue weighted by molar-refractivity contribution is 0.0519. The molecule has 0 fully saturated rings. The van der Waals surface area contributed by atoms with Crippen LogP contribution in [0.4, 0.5) is 5.13 Å². The Hall–Kier alpha value is -1.47. The Morgan fingerprint density at radius 2 is 2.20 bits per heavy atom. The van der Waals surface area contributed by atoms with Crippen LogP contribution < -0.4 is 4.90 Å². The van der Waals surface area contributed by atoms with Gasteiger partial charge < -0.3 is 9.64 Å². The molecule has 0 bridgehead atoms. The highest BCUT2D eigenvalue weighted by Crippen LogP contribution is 2.27. The SMILES string of the molecule is CCOC(=O)c1nc(N(C)Cc2scnc2C)sc1C. The molecule has 2 rings (SSSR count). The molecular weight excluding hydrogens is 294 g/mol. The second kappa shape index (κ2) is 6.32. The van der Waals surface area contributed by atoms with Crippen LogP contribution in [0.2, 0.25) is 0 Å². The van der Waals surface area contributed by atoms with Crippen molar-refractivity contribution in [3.05, 3.63) is 26.7 Å². The zero-order valence-corrected chi connectivity index (χ0v) is 13.6. The fraction of sp³-hybridized carbons (Fsp3) is 0.462. The second-order valence-electron chi connectivity index (χ2n) is 4.34. The van der Waals surface area contributed by atoms with Gasteiger partial charge in [-0.2, -0.15) is 0 Å². The number of nitrogens with zero attached hydrogens (tertiary/aromatic N) is 3. The van der Waals surface area contributed by atoms with Crippen LogP contribution in [0.15, 0.2) is 5.51 Å². The van der Waals surface area contributed by atoms with Crippen molar-refractivity contribution in [3.63, 3.8) is 0 Å². The molecule has 108 valence electrons. The lowest BCUT2D eigenvalue weighted by Crippen LogP contribution is -2.16. The molecule has 0 aliphatic heterocycles. The molecule has 0 amide bonds. The van der Waals surface area contributed by atoms with Gasteiger partial charge in [0, 0.05) is 16.8 Å². The summed E-state index contributed by atoms with van der Waals surface area (Å²) in [5.41, 5.74) is 3.30. The van der Waals surface area contributed by atoms with Gasteiger partial charge in [0.1, 0.15) is 0 Å². The van der Waals surface area contributed by atoms with E-state index in [0.717, 1.165) is 22.2 Å². The third-order valence-corrected chi connectivity index (χ3v) is 4.81. The Kier molecular flexibility index (Phi) is 4.72. The van der Waals surface area contributed by atoms with Gasteiger partial charge in [0.15, 0.2) is 10.8 Å². The van der Waals surface area contributed by atoms with E-state index in [0.29, 0.717) is 12.3 Å². The first-order chi connectivity index (χ1) is 9.52. The van der Waals surface area contributed by atoms with Crippen LogP contribution in [0.25, 0.3) is 0 Å². The van der Waals surface area contributed by atoms with E-state index in [2.05, 4.69) is 9.97 Å². The number of anilines is 1. The van der Waals surface area contributed by atoms with E-state index in [1.807, 2.05) is 31.3 Å². The van der Waals surface area contributed by atoms with Crippen LogP contribution in [0.1, 0.15) is 32.9 Å². The van der Waals surface area contributed by atoms with Gasteiger partial charge in [-0.15, -0.1) is 22.7 Å². The fourth-order valence-electron chi connectivity index (χ4n) is 1.70. The number of thiazole rings is 2. The molecule has 7 heteroatoms. The van der Waals surface area contributed by atoms with Gasteiger partial charge >= 0.3 is 5.97 Å². The van der Waals surface area contributed by atoms with Gasteiger partial charge in [-0.3, -0.25) is 0 Å². The molecule has 0 spiro atoms. The summed E-state index contributed by atoms with van der Waals surface area (Å²) in [6.07, 6.45) is 0. The molecule has 20 heavy (non-hydrogen) atoms. The number of rotatable bonds is 5. The van der Waals surface area contributed by atoms with E-state index in [-0.39, 0.29) is 5.97 Å². The van der Waals surface area contributed by atoms with Crippen molar-refractivity contribution in [2.45, 2.75) is 27.3 Å². The zero-order chi connectivity index (χ0) is 14.7. The Bertz CT molecular complexity index is 607. The van der Waals surface area contributed by atoms with Gasteiger partial charge in [0.25, 0.3) is 0 Å². The van der Waals surface area contributed by atoms with Crippen LogP contribution >= 0.6 is 22.7 Å². The van der Waals surface area contributed by atoms with Crippen molar-refractivity contribution in [2.75, 3.05) is 18.6 Å². The number of aryl methyl sites for hydroxylation is 2. The van der Waals surface area contributed by atoms with Gasteiger partial charge in [-0.1, -0.05) is 0 Å². The molecule has 0 radical (unpaired) electrons. The summed E-state index contributed by atoms with van der Waals surface area (Å²) in [6.45, 7) is 6.78. The fourth-order valence-corrected chi connectivity index (χ4v) is 3.38. The van der Waals surface area contributed by atoms with E-state index in [4.69, 9.17) is 4.74 Å². The van der Waals surface area contributed by atoms with Crippen molar-refractivity contribution in [2.24, 2.45) is 0 Å². The molecule has 0 aliphatic carbocycles. The smallest absolute Gasteiger partial charge is 0.358 e. The third kappa shape index (κ3) is 3.16. The number of esters is 1. The molecule has 0 aliphatic rings. The van der Waals surface area contributed by atoms with Crippen LogP contribution in [0.5, 0.6) is 0 Å². The predicted molar refractivity (Wildman–Crippen MR) is 81.8 cm³/mol. The van der Waals surface area contributed by atoms with Gasteiger partial charge in [0.05, 0.1) is 24.4 Å². The third-order valence-electron chi connectivity index (χ3n) is 2.81. The van der Waals surface area contributed by atoms with E-state index in [1.54, 1.807) is 18.3 Å². The Balaban J connectivity index is 2.15. The first-order valence-electron chi connectivity index (χ1n) is 6.27. The number of carbonyl (C=O) groups excluding carboxylic acids is 1. The molecule has 0 saturated carbocycles. The summed E-state index contributed by atoms with van der Waals surface area (Å²) < 4.78 is 5.01. The number of hydrogen-bond donors (Lipinski definition) is 0. The summed E-state index contributed by atoms with van der Waals surface area (Å²) in [6, 6.07) is 0. The highest BCUT2D eigenvalue weighted by molar-refractivity contribution is 7.15. The minimum Gasteiger partial charge on any atom is -0.461 e. The standard InChI is InChI=1S/C13H17N3O2S2/c1-5-18-12(17)11-9(3)20-13(15-11)16(4)6-10-8(2)14-7-19-10/h7H,5-6H2,1-4H3. The maximum atomic E-state index is 11.8. The minimum absolute atomic E-state index is 0.352. The number of hydrogen-bond acceptors (Lipinski definition) is 7. The minimum atomic E-state index is -0.352. The number of ether oxygens (including phenoxy) is 1. The van der Waals surface area contributed by atoms with Crippen molar-refractivity contribution >= 4 is 33.8 Å². The largest absolute Gasteiger partial charge is 0.461 e. The second-order valence-corrected chi connectivity index (χ2v) is 6.46. The van der Waals surface area contributed by atoms with Gasteiger partial charge in [0.2, 0.25) is 0 Å². The van der Waals surface area contributed by atoms with Crippen molar-refractivity contribution < 1.29 is 9.53 Å². The summed E-state index contributed by atoms with van der Waals surface area (Å²) in [5.74, 6) is -0.352. The van der Waals surface area contributed by atoms with E-state index in [1.165, 1.54) is 16.2 Å². The molecule has 5 nitrogen and oxygen atoms in total. The molecule has 0 aromatic carbocycles. The maximum absolute atomic E-state index is 11.8. The van der Waals surface area contributed by atoms with E-state index >= 15 is 0 Å². The van der Waals surface area contributed by atoms with Crippen molar-refractivity contribution in [1.29, 1.82) is 0 Å². The monoisotopic (exact) mass is 311 g/mol. The van der Waals surface area contributed by atoms with Gasteiger partial charge in [-0.05, 0) is 20.8 Å². The topological polar surface area (TPSA) is 55.3 Å². The van der Waals surface area contributed by atoms with E-state index in [9.17, 15) is 4.79 Å². The van der Waals surface area contributed by atoms with E-state index < -0.39 is 0 Å². The molecule has 0 atom stereocenters. The average molecular weight is 311 g/mol. The highest BCUT2D eigenvalue weighted by atomic mass is 32.1. The van der Waals surface area contributed by atoms with Crippen LogP contribution in [0.3, 0.4) is 0 Å². The molecule has 0 N–H and O–H groups in total. The molecule has 2 heterocycles. The maximum Gasteiger partial charge on any atom is 0.358 e. The van der Waals surface area contributed by atoms with Crippen LogP contribution in [-0.4, -0.2) is 29.6 Å². The summed E-state index contributed by atoms with van der Waals surface area (Å²) in [4.78, 5) is 24.5. The zero-order valence-electron chi connectivity index (χ0n) is 12.0. The van der Waals surface area contributed by atoms with Crippen LogP contribution in [0, 0.1) is 13.8 Å². The summed E-state index contributed by atoms with van der Waals surface area (Å²) in [7, 11) is 1.96. The average Bonchev–Trinajstić information content (AvgIpc) is 2.97. The van der Waals surface area contributed by atoms with Gasteiger partial charge in [-0.25, -0.2) is 14.8 Å². The first kappa shape index (κ1) is 14.9. The summed E-state index contributed by atoms with van der Waals surface area (Å²) in [5, 5.41) is 0.818. The quantitative estimate of drug-likeness (QED) is 0.794. The molecule has 2 aromatic rings. The molecule has 0 unspecified atom stereocenters. The summed E-state index contributed by atoms with van der Waals surface area (Å²) >= 11 is 3.13. The highest BCUT2D eigenvalue weighted by Gasteiger charge is 2.19. The normalized spacial score (nSPS) is 10.6. The number of aromatic nitrogens is 2. The Labute approximate surface area is 126 Å². The Morgan fingerprint density at radius 3 is 2.80 bits per heavy atom. The number of carbonyl (C=O) groups is 1. The van der Waals surface area contributed by atoms with Crippen LogP contribution in [-0.2, 0) is 11.3 Å². The first-order valence-corrected chi connectivity index (χ1v) is 7.97. The predicted octanol–water partition coefficient (Wildman–Crippen LogP) is 3.03. The van der Waals surface area contributed by atoms with Crippen molar-refractivity contribution in [3.8, 4) is 0 Å². The molecular formula is C13H17N3O2S2. The molecule has 2 aromatic heterocycles. The molecule has 0 saturated heterocycles. The lowest BCUT2D eigenvalue weighted by Gasteiger charge is -2.14. The van der Waals surface area contributed by atoms with Crippen molar-refractivity contribution in [1.82, 2.24) is 9.97 Å². The lowest BCUT2D eigenvalue weighted by atomic mass is 10.4.